The first-order valence-electron chi connectivity index (χ1n) is 19.2. The van der Waals surface area contributed by atoms with Gasteiger partial charge in [0.15, 0.2) is 5.82 Å². The number of benzene rings is 7. The van der Waals surface area contributed by atoms with Crippen molar-refractivity contribution >= 4 is 21.8 Å². The van der Waals surface area contributed by atoms with Crippen LogP contribution in [0.1, 0.15) is 5.56 Å². The molecule has 0 saturated carbocycles. The lowest BCUT2D eigenvalue weighted by Gasteiger charge is -2.11. The zero-order chi connectivity index (χ0) is 38.1. The second kappa shape index (κ2) is 14.6. The standard InChI is InChI=1S/C53H36N4/c1-35-33-48(55-52-46(35)31-29-44-30-32-47(54-51(44)52)40-13-7-3-8-14-40)42-23-19-38(20-24-42)39-21-27-45(28-22-39)53-56-49(41-15-9-4-10-16-41)34-50(57-53)43-25-17-37(18-26-43)36-11-5-2-6-12-36/h2-34H,1H3. The predicted molar refractivity (Wildman–Crippen MR) is 235 cm³/mol. The van der Waals surface area contributed by atoms with Crippen LogP contribution in [0.15, 0.2) is 200 Å². The van der Waals surface area contributed by atoms with Crippen LogP contribution in [0.2, 0.25) is 0 Å². The molecule has 0 aliphatic carbocycles. The van der Waals surface area contributed by atoms with Crippen molar-refractivity contribution in [3.8, 4) is 78.7 Å². The van der Waals surface area contributed by atoms with Crippen LogP contribution >= 0.6 is 0 Å². The summed E-state index contributed by atoms with van der Waals surface area (Å²) in [5.74, 6) is 0.691. The van der Waals surface area contributed by atoms with E-state index < -0.39 is 0 Å². The van der Waals surface area contributed by atoms with Crippen LogP contribution in [0.25, 0.3) is 100 Å². The lowest BCUT2D eigenvalue weighted by Crippen LogP contribution is -1.96. The molecular formula is C53H36N4. The SMILES string of the molecule is Cc1cc(-c2ccc(-c3ccc(-c4nc(-c5ccccc5)cc(-c5ccc(-c6ccccc6)cc5)n4)cc3)cc2)nc2c1ccc1ccc(-c3ccccc3)nc12. The first-order valence-corrected chi connectivity index (χ1v) is 19.2. The van der Waals surface area contributed by atoms with Gasteiger partial charge < -0.3 is 0 Å². The van der Waals surface area contributed by atoms with E-state index in [4.69, 9.17) is 19.9 Å². The Balaban J connectivity index is 0.956. The van der Waals surface area contributed by atoms with Crippen LogP contribution in [0.4, 0.5) is 0 Å². The molecule has 0 radical (unpaired) electrons. The summed E-state index contributed by atoms with van der Waals surface area (Å²) in [6, 6.07) is 69.7. The fraction of sp³-hybridized carbons (Fsp3) is 0.0189. The molecule has 3 aromatic heterocycles. The van der Waals surface area contributed by atoms with Crippen LogP contribution in [0, 0.1) is 6.92 Å². The molecule has 7 aromatic carbocycles. The first kappa shape index (κ1) is 34.0. The molecule has 268 valence electrons. The third-order valence-corrected chi connectivity index (χ3v) is 10.7. The summed E-state index contributed by atoms with van der Waals surface area (Å²) in [6.45, 7) is 2.15. The van der Waals surface area contributed by atoms with Gasteiger partial charge in [0.05, 0.1) is 33.8 Å². The second-order valence-electron chi connectivity index (χ2n) is 14.3. The van der Waals surface area contributed by atoms with Gasteiger partial charge in [0.1, 0.15) is 0 Å². The Bertz CT molecular complexity index is 3020. The van der Waals surface area contributed by atoms with Gasteiger partial charge in [-0.3, -0.25) is 0 Å². The van der Waals surface area contributed by atoms with E-state index >= 15 is 0 Å². The Hall–Kier alpha value is -7.56. The summed E-state index contributed by atoms with van der Waals surface area (Å²) < 4.78 is 0. The smallest absolute Gasteiger partial charge is 0.160 e. The number of nitrogens with zero attached hydrogens (tertiary/aromatic N) is 4. The van der Waals surface area contributed by atoms with Crippen LogP contribution in [-0.2, 0) is 0 Å². The lowest BCUT2D eigenvalue weighted by atomic mass is 9.99. The summed E-state index contributed by atoms with van der Waals surface area (Å²) in [6.07, 6.45) is 0. The largest absolute Gasteiger partial charge is 0.245 e. The van der Waals surface area contributed by atoms with Gasteiger partial charge >= 0.3 is 0 Å². The number of hydrogen-bond donors (Lipinski definition) is 0. The Morgan fingerprint density at radius 2 is 0.667 bits per heavy atom. The molecule has 10 rings (SSSR count). The Kier molecular flexibility index (Phi) is 8.69. The first-order chi connectivity index (χ1) is 28.1. The van der Waals surface area contributed by atoms with E-state index in [9.17, 15) is 0 Å². The van der Waals surface area contributed by atoms with Crippen molar-refractivity contribution in [3.05, 3.63) is 206 Å². The van der Waals surface area contributed by atoms with Crippen molar-refractivity contribution in [1.29, 1.82) is 0 Å². The Morgan fingerprint density at radius 3 is 1.21 bits per heavy atom. The molecule has 57 heavy (non-hydrogen) atoms. The highest BCUT2D eigenvalue weighted by atomic mass is 14.9. The molecule has 0 aliphatic rings. The van der Waals surface area contributed by atoms with E-state index in [2.05, 4.69) is 165 Å². The normalized spacial score (nSPS) is 11.2. The molecule has 0 bridgehead atoms. The van der Waals surface area contributed by atoms with Gasteiger partial charge in [-0.25, -0.2) is 19.9 Å². The molecule has 0 saturated heterocycles. The van der Waals surface area contributed by atoms with E-state index in [0.29, 0.717) is 5.82 Å². The Labute approximate surface area is 331 Å². The third kappa shape index (κ3) is 6.75. The minimum absolute atomic E-state index is 0.691. The summed E-state index contributed by atoms with van der Waals surface area (Å²) in [4.78, 5) is 20.5. The van der Waals surface area contributed by atoms with E-state index in [1.807, 2.05) is 42.5 Å². The zero-order valence-corrected chi connectivity index (χ0v) is 31.3. The van der Waals surface area contributed by atoms with Gasteiger partial charge in [0.25, 0.3) is 0 Å². The van der Waals surface area contributed by atoms with E-state index in [0.717, 1.165) is 83.5 Å². The van der Waals surface area contributed by atoms with E-state index in [1.54, 1.807) is 0 Å². The molecule has 0 N–H and O–H groups in total. The fourth-order valence-electron chi connectivity index (χ4n) is 7.55. The summed E-state index contributed by atoms with van der Waals surface area (Å²) in [7, 11) is 0. The highest BCUT2D eigenvalue weighted by molar-refractivity contribution is 6.05. The van der Waals surface area contributed by atoms with Crippen LogP contribution in [0.5, 0.6) is 0 Å². The summed E-state index contributed by atoms with van der Waals surface area (Å²) in [5, 5.41) is 2.20. The van der Waals surface area contributed by atoms with E-state index in [-0.39, 0.29) is 0 Å². The maximum Gasteiger partial charge on any atom is 0.160 e. The molecule has 0 spiro atoms. The van der Waals surface area contributed by atoms with Crippen molar-refractivity contribution in [3.63, 3.8) is 0 Å². The molecular weight excluding hydrogens is 693 g/mol. The number of rotatable bonds is 7. The minimum Gasteiger partial charge on any atom is -0.245 e. The van der Waals surface area contributed by atoms with Crippen LogP contribution in [0.3, 0.4) is 0 Å². The fourth-order valence-corrected chi connectivity index (χ4v) is 7.55. The maximum atomic E-state index is 5.22. The quantitative estimate of drug-likeness (QED) is 0.153. The van der Waals surface area contributed by atoms with Gasteiger partial charge in [-0.05, 0) is 52.9 Å². The molecule has 4 heteroatoms. The molecule has 0 atom stereocenters. The van der Waals surface area contributed by atoms with Crippen molar-refractivity contribution in [2.24, 2.45) is 0 Å². The molecule has 0 aliphatic heterocycles. The summed E-state index contributed by atoms with van der Waals surface area (Å²) in [5.41, 5.74) is 16.5. The van der Waals surface area contributed by atoms with Crippen LogP contribution < -0.4 is 0 Å². The van der Waals surface area contributed by atoms with Gasteiger partial charge in [-0.2, -0.15) is 0 Å². The topological polar surface area (TPSA) is 51.6 Å². The van der Waals surface area contributed by atoms with E-state index in [1.165, 1.54) is 16.7 Å². The minimum atomic E-state index is 0.691. The average Bonchev–Trinajstić information content (AvgIpc) is 3.29. The third-order valence-electron chi connectivity index (χ3n) is 10.7. The Morgan fingerprint density at radius 1 is 0.281 bits per heavy atom. The maximum absolute atomic E-state index is 5.22. The predicted octanol–water partition coefficient (Wildman–Crippen LogP) is 13.6. The number of aryl methyl sites for hydroxylation is 1. The molecule has 0 amide bonds. The van der Waals surface area contributed by atoms with Gasteiger partial charge in [-0.1, -0.05) is 182 Å². The van der Waals surface area contributed by atoms with Crippen molar-refractivity contribution < 1.29 is 0 Å². The van der Waals surface area contributed by atoms with Gasteiger partial charge in [0.2, 0.25) is 0 Å². The average molecular weight is 729 g/mol. The molecule has 10 aromatic rings. The molecule has 4 nitrogen and oxygen atoms in total. The number of hydrogen-bond acceptors (Lipinski definition) is 4. The zero-order valence-electron chi connectivity index (χ0n) is 31.3. The van der Waals surface area contributed by atoms with Crippen molar-refractivity contribution in [2.45, 2.75) is 6.92 Å². The van der Waals surface area contributed by atoms with Gasteiger partial charge in [-0.15, -0.1) is 0 Å². The molecule has 0 fully saturated rings. The van der Waals surface area contributed by atoms with Gasteiger partial charge in [0, 0.05) is 38.6 Å². The number of pyridine rings is 2. The van der Waals surface area contributed by atoms with Crippen molar-refractivity contribution in [1.82, 2.24) is 19.9 Å². The highest BCUT2D eigenvalue weighted by Crippen LogP contribution is 2.33. The van der Waals surface area contributed by atoms with Crippen molar-refractivity contribution in [2.75, 3.05) is 0 Å². The summed E-state index contributed by atoms with van der Waals surface area (Å²) >= 11 is 0. The number of aromatic nitrogens is 4. The lowest BCUT2D eigenvalue weighted by molar-refractivity contribution is 1.18. The number of fused-ring (bicyclic) bond motifs is 3. The second-order valence-corrected chi connectivity index (χ2v) is 14.3. The highest BCUT2D eigenvalue weighted by Gasteiger charge is 2.14. The monoisotopic (exact) mass is 728 g/mol. The van der Waals surface area contributed by atoms with Crippen LogP contribution in [-0.4, -0.2) is 19.9 Å². The molecule has 0 unspecified atom stereocenters. The molecule has 3 heterocycles.